The molecule has 0 radical (unpaired) electrons. The summed E-state index contributed by atoms with van der Waals surface area (Å²) in [5.41, 5.74) is 2.61. The third kappa shape index (κ3) is 4.93. The van der Waals surface area contributed by atoms with Crippen LogP contribution in [-0.4, -0.2) is 72.7 Å². The van der Waals surface area contributed by atoms with Gasteiger partial charge in [0.1, 0.15) is 11.6 Å². The highest BCUT2D eigenvalue weighted by molar-refractivity contribution is 5.90. The Morgan fingerprint density at radius 2 is 1.59 bits per heavy atom. The van der Waals surface area contributed by atoms with Crippen LogP contribution in [0.5, 0.6) is 5.75 Å². The maximum Gasteiger partial charge on any atom is 0.229 e. The lowest BCUT2D eigenvalue weighted by Crippen LogP contribution is -2.46. The highest BCUT2D eigenvalue weighted by Gasteiger charge is 2.26. The van der Waals surface area contributed by atoms with Gasteiger partial charge in [-0.25, -0.2) is 4.98 Å². The first-order valence-electron chi connectivity index (χ1n) is 12.2. The number of fused-ring (bicyclic) bond motifs is 1. The number of nitrogens with zero attached hydrogens (tertiary/aromatic N) is 5. The summed E-state index contributed by atoms with van der Waals surface area (Å²) in [5, 5.41) is 0.962. The average Bonchev–Trinajstić information content (AvgIpc) is 2.83. The van der Waals surface area contributed by atoms with Crippen LogP contribution in [0.25, 0.3) is 22.3 Å². The van der Waals surface area contributed by atoms with Crippen molar-refractivity contribution in [3.8, 4) is 17.0 Å². The monoisotopic (exact) mass is 463 g/mol. The first kappa shape index (κ1) is 22.8. The Kier molecular flexibility index (Phi) is 6.52. The van der Waals surface area contributed by atoms with Crippen molar-refractivity contribution in [1.29, 1.82) is 0 Å². The van der Waals surface area contributed by atoms with Gasteiger partial charge in [-0.3, -0.25) is 0 Å². The number of hydrogen-bond acceptors (Lipinski definition) is 8. The van der Waals surface area contributed by atoms with Gasteiger partial charge in [-0.2, -0.15) is 9.97 Å². The lowest BCUT2D eigenvalue weighted by Gasteiger charge is -2.36. The molecule has 1 aromatic carbocycles. The van der Waals surface area contributed by atoms with Crippen LogP contribution in [0.2, 0.25) is 0 Å². The van der Waals surface area contributed by atoms with E-state index in [0.29, 0.717) is 24.8 Å². The Balaban J connectivity index is 1.55. The highest BCUT2D eigenvalue weighted by Crippen LogP contribution is 2.30. The van der Waals surface area contributed by atoms with E-state index in [1.807, 2.05) is 44.2 Å². The van der Waals surface area contributed by atoms with E-state index in [1.54, 1.807) is 0 Å². The van der Waals surface area contributed by atoms with E-state index in [-0.39, 0.29) is 18.3 Å². The summed E-state index contributed by atoms with van der Waals surface area (Å²) in [4.78, 5) is 19.4. The van der Waals surface area contributed by atoms with Crippen LogP contribution in [-0.2, 0) is 9.47 Å². The number of rotatable bonds is 5. The van der Waals surface area contributed by atoms with Gasteiger partial charge < -0.3 is 24.0 Å². The van der Waals surface area contributed by atoms with Crippen LogP contribution in [0.1, 0.15) is 27.7 Å². The van der Waals surface area contributed by atoms with Crippen LogP contribution in [0.4, 0.5) is 11.8 Å². The van der Waals surface area contributed by atoms with Gasteiger partial charge in [-0.05, 0) is 64.1 Å². The average molecular weight is 464 g/mol. The van der Waals surface area contributed by atoms with Crippen LogP contribution in [0, 0.1) is 0 Å². The van der Waals surface area contributed by atoms with Crippen molar-refractivity contribution in [1.82, 2.24) is 15.0 Å². The summed E-state index contributed by atoms with van der Waals surface area (Å²) in [7, 11) is 0. The summed E-state index contributed by atoms with van der Waals surface area (Å²) in [6.45, 7) is 12.8. The summed E-state index contributed by atoms with van der Waals surface area (Å²) in [5.74, 6) is 2.49. The molecule has 2 fully saturated rings. The zero-order valence-electron chi connectivity index (χ0n) is 20.4. The molecule has 8 nitrogen and oxygen atoms in total. The molecule has 34 heavy (non-hydrogen) atoms. The van der Waals surface area contributed by atoms with Gasteiger partial charge in [0.2, 0.25) is 5.95 Å². The minimum Gasteiger partial charge on any atom is -0.491 e. The van der Waals surface area contributed by atoms with Crippen molar-refractivity contribution in [3.05, 3.63) is 36.4 Å². The Bertz CT molecular complexity index is 1120. The first-order chi connectivity index (χ1) is 16.5. The fourth-order valence-electron chi connectivity index (χ4n) is 4.62. The Labute approximate surface area is 200 Å². The molecule has 2 aliphatic heterocycles. The fourth-order valence-corrected chi connectivity index (χ4v) is 4.62. The van der Waals surface area contributed by atoms with E-state index in [9.17, 15) is 0 Å². The number of hydrogen-bond donors (Lipinski definition) is 0. The summed E-state index contributed by atoms with van der Waals surface area (Å²) in [6.07, 6.45) is 0.394. The molecule has 2 unspecified atom stereocenters. The lowest BCUT2D eigenvalue weighted by molar-refractivity contribution is -0.00570. The second kappa shape index (κ2) is 9.72. The van der Waals surface area contributed by atoms with Gasteiger partial charge in [0.05, 0.1) is 42.6 Å². The number of aromatic nitrogens is 3. The molecule has 0 N–H and O–H groups in total. The summed E-state index contributed by atoms with van der Waals surface area (Å²) < 4.78 is 17.3. The Morgan fingerprint density at radius 3 is 2.26 bits per heavy atom. The van der Waals surface area contributed by atoms with Gasteiger partial charge in [-0.1, -0.05) is 0 Å². The molecule has 180 valence electrons. The Hall–Kier alpha value is -2.97. The number of pyridine rings is 1. The van der Waals surface area contributed by atoms with E-state index >= 15 is 0 Å². The zero-order chi connectivity index (χ0) is 23.7. The molecule has 0 spiro atoms. The summed E-state index contributed by atoms with van der Waals surface area (Å²) in [6, 6.07) is 12.2. The maximum atomic E-state index is 5.93. The SMILES string of the molecule is CC(C)Oc1ccc(-c2ccc3c(N4CCOCC4)nc(N4CC(C)OC(C)C4)nc3n2)cc1. The second-order valence-corrected chi connectivity index (χ2v) is 9.37. The van der Waals surface area contributed by atoms with Gasteiger partial charge in [0.15, 0.2) is 5.65 Å². The van der Waals surface area contributed by atoms with Crippen LogP contribution in [0.3, 0.4) is 0 Å². The Morgan fingerprint density at radius 1 is 0.882 bits per heavy atom. The zero-order valence-corrected chi connectivity index (χ0v) is 20.4. The number of ether oxygens (including phenoxy) is 3. The molecule has 2 atom stereocenters. The van der Waals surface area contributed by atoms with E-state index in [2.05, 4.69) is 29.7 Å². The van der Waals surface area contributed by atoms with Crippen LogP contribution in [0.15, 0.2) is 36.4 Å². The standard InChI is InChI=1S/C26H33N5O3/c1-17(2)33-21-7-5-20(6-8-21)23-10-9-22-24(27-23)28-26(31-15-18(3)34-19(4)16-31)29-25(22)30-11-13-32-14-12-30/h5-10,17-19H,11-16H2,1-4H3. The van der Waals surface area contributed by atoms with Gasteiger partial charge >= 0.3 is 0 Å². The van der Waals surface area contributed by atoms with E-state index in [4.69, 9.17) is 29.2 Å². The largest absolute Gasteiger partial charge is 0.491 e. The summed E-state index contributed by atoms with van der Waals surface area (Å²) >= 11 is 0. The van der Waals surface area contributed by atoms with Crippen molar-refractivity contribution in [3.63, 3.8) is 0 Å². The molecule has 0 bridgehead atoms. The lowest BCUT2D eigenvalue weighted by atomic mass is 10.1. The number of morpholine rings is 2. The minimum absolute atomic E-state index is 0.126. The minimum atomic E-state index is 0.126. The quantitative estimate of drug-likeness (QED) is 0.564. The molecule has 0 aliphatic carbocycles. The molecule has 4 heterocycles. The third-order valence-electron chi connectivity index (χ3n) is 6.06. The number of benzene rings is 1. The van der Waals surface area contributed by atoms with Crippen LogP contribution >= 0.6 is 0 Å². The molecule has 8 heteroatoms. The predicted octanol–water partition coefficient (Wildman–Crippen LogP) is 3.93. The molecule has 0 amide bonds. The van der Waals surface area contributed by atoms with E-state index in [0.717, 1.165) is 54.4 Å². The number of anilines is 2. The van der Waals surface area contributed by atoms with Gasteiger partial charge in [0.25, 0.3) is 0 Å². The molecular weight excluding hydrogens is 430 g/mol. The first-order valence-corrected chi connectivity index (χ1v) is 12.2. The van der Waals surface area contributed by atoms with Crippen molar-refractivity contribution < 1.29 is 14.2 Å². The molecule has 2 aromatic heterocycles. The molecule has 5 rings (SSSR count). The molecule has 0 saturated carbocycles. The molecule has 2 aliphatic rings. The van der Waals surface area contributed by atoms with E-state index in [1.165, 1.54) is 0 Å². The normalized spacial score (nSPS) is 21.3. The van der Waals surface area contributed by atoms with Crippen molar-refractivity contribution >= 4 is 22.8 Å². The molecule has 3 aromatic rings. The predicted molar refractivity (Wildman–Crippen MR) is 134 cm³/mol. The topological polar surface area (TPSA) is 72.8 Å². The molecular formula is C26H33N5O3. The fraction of sp³-hybridized carbons (Fsp3) is 0.500. The second-order valence-electron chi connectivity index (χ2n) is 9.37. The molecule has 2 saturated heterocycles. The highest BCUT2D eigenvalue weighted by atomic mass is 16.5. The van der Waals surface area contributed by atoms with Gasteiger partial charge in [-0.15, -0.1) is 0 Å². The van der Waals surface area contributed by atoms with Crippen molar-refractivity contribution in [2.24, 2.45) is 0 Å². The maximum absolute atomic E-state index is 5.93. The van der Waals surface area contributed by atoms with Crippen molar-refractivity contribution in [2.75, 3.05) is 49.2 Å². The van der Waals surface area contributed by atoms with E-state index < -0.39 is 0 Å². The van der Waals surface area contributed by atoms with Crippen LogP contribution < -0.4 is 14.5 Å². The smallest absolute Gasteiger partial charge is 0.229 e. The third-order valence-corrected chi connectivity index (χ3v) is 6.06. The van der Waals surface area contributed by atoms with Crippen molar-refractivity contribution in [2.45, 2.75) is 46.0 Å². The van der Waals surface area contributed by atoms with Gasteiger partial charge in [0, 0.05) is 31.7 Å².